The number of benzene rings is 2. The van der Waals surface area contributed by atoms with E-state index in [1.165, 1.54) is 15.8 Å². The maximum Gasteiger partial charge on any atom is 0.408 e. The van der Waals surface area contributed by atoms with Crippen molar-refractivity contribution >= 4 is 18.0 Å². The highest BCUT2D eigenvalue weighted by atomic mass is 16.5. The van der Waals surface area contributed by atoms with Gasteiger partial charge in [0.2, 0.25) is 0 Å². The first kappa shape index (κ1) is 22.6. The number of rotatable bonds is 6. The summed E-state index contributed by atoms with van der Waals surface area (Å²) in [5, 5.41) is 16.3. The van der Waals surface area contributed by atoms with E-state index >= 15 is 0 Å². The number of ether oxygens (including phenoxy) is 1. The molecule has 2 heterocycles. The number of carboxylic acid groups (broad SMARTS) is 1. The van der Waals surface area contributed by atoms with E-state index in [-0.39, 0.29) is 12.5 Å². The molecular weight excluding hydrogens is 448 g/mol. The largest absolute Gasteiger partial charge is 0.480 e. The fraction of sp³-hybridized carbons (Fsp3) is 0.308. The van der Waals surface area contributed by atoms with Crippen molar-refractivity contribution in [3.8, 4) is 11.1 Å². The molecule has 2 unspecified atom stereocenters. The lowest BCUT2D eigenvalue weighted by Crippen LogP contribution is -2.48. The maximum absolute atomic E-state index is 13.4. The molecule has 0 bridgehead atoms. The fourth-order valence-electron chi connectivity index (χ4n) is 5.14. The van der Waals surface area contributed by atoms with Gasteiger partial charge in [-0.25, -0.2) is 9.59 Å². The van der Waals surface area contributed by atoms with Gasteiger partial charge in [0, 0.05) is 25.7 Å². The fourth-order valence-corrected chi connectivity index (χ4v) is 5.14. The van der Waals surface area contributed by atoms with Gasteiger partial charge >= 0.3 is 12.1 Å². The van der Waals surface area contributed by atoms with Crippen LogP contribution in [0.2, 0.25) is 0 Å². The quantitative estimate of drug-likeness (QED) is 0.568. The molecule has 2 aliphatic rings. The summed E-state index contributed by atoms with van der Waals surface area (Å²) in [5.41, 5.74) is 4.85. The molecule has 1 aromatic heterocycles. The number of nitrogens with one attached hydrogen (secondary N) is 1. The van der Waals surface area contributed by atoms with E-state index in [0.29, 0.717) is 25.1 Å². The maximum atomic E-state index is 13.4. The summed E-state index contributed by atoms with van der Waals surface area (Å²) in [5.74, 6) is -1.67. The highest BCUT2D eigenvalue weighted by Gasteiger charge is 2.39. The number of likely N-dealkylation sites (tertiary alicyclic amines) is 1. The third kappa shape index (κ3) is 4.14. The van der Waals surface area contributed by atoms with Crippen LogP contribution in [0.5, 0.6) is 0 Å². The van der Waals surface area contributed by atoms with E-state index in [2.05, 4.69) is 22.5 Å². The molecule has 35 heavy (non-hydrogen) atoms. The third-order valence-corrected chi connectivity index (χ3v) is 6.83. The average molecular weight is 475 g/mol. The van der Waals surface area contributed by atoms with Crippen LogP contribution in [-0.4, -0.2) is 57.0 Å². The van der Waals surface area contributed by atoms with Crippen LogP contribution in [0.4, 0.5) is 4.79 Å². The highest BCUT2D eigenvalue weighted by molar-refractivity contribution is 5.90. The Morgan fingerprint density at radius 2 is 1.74 bits per heavy atom. The molecule has 2 aromatic carbocycles. The van der Waals surface area contributed by atoms with Crippen LogP contribution in [0.25, 0.3) is 11.1 Å². The zero-order valence-electron chi connectivity index (χ0n) is 19.3. The van der Waals surface area contributed by atoms with E-state index in [9.17, 15) is 19.5 Å². The first-order valence-electron chi connectivity index (χ1n) is 11.6. The van der Waals surface area contributed by atoms with Crippen LogP contribution in [0.15, 0.2) is 60.8 Å². The Morgan fingerprint density at radius 3 is 2.34 bits per heavy atom. The predicted molar refractivity (Wildman–Crippen MR) is 127 cm³/mol. The molecule has 180 valence electrons. The summed E-state index contributed by atoms with van der Waals surface area (Å²) in [6.45, 7) is 0.421. The normalized spacial score (nSPS) is 17.5. The summed E-state index contributed by atoms with van der Waals surface area (Å²) in [7, 11) is 1.66. The van der Waals surface area contributed by atoms with Gasteiger partial charge in [-0.15, -0.1) is 0 Å². The summed E-state index contributed by atoms with van der Waals surface area (Å²) < 4.78 is 7.11. The van der Waals surface area contributed by atoms with Gasteiger partial charge in [0.05, 0.1) is 5.69 Å². The van der Waals surface area contributed by atoms with Crippen LogP contribution >= 0.6 is 0 Å². The lowest BCUT2D eigenvalue weighted by Gasteiger charge is -2.27. The Kier molecular flexibility index (Phi) is 5.98. The molecule has 0 radical (unpaired) electrons. The molecule has 0 spiro atoms. The van der Waals surface area contributed by atoms with Crippen LogP contribution in [0, 0.1) is 0 Å². The molecule has 3 aromatic rings. The SMILES string of the molecule is Cn1nccc1C(NC(=O)OCC1c2ccccc2-c2ccccc21)C(=O)N1CCCC1C(=O)O. The minimum absolute atomic E-state index is 0.105. The van der Waals surface area contributed by atoms with E-state index in [4.69, 9.17) is 4.74 Å². The van der Waals surface area contributed by atoms with Gasteiger partial charge in [0.15, 0.2) is 6.04 Å². The number of nitrogens with zero attached hydrogens (tertiary/aromatic N) is 3. The van der Waals surface area contributed by atoms with Gasteiger partial charge < -0.3 is 20.1 Å². The molecule has 9 heteroatoms. The van der Waals surface area contributed by atoms with Crippen molar-refractivity contribution in [1.82, 2.24) is 20.0 Å². The second-order valence-electron chi connectivity index (χ2n) is 8.81. The number of aromatic nitrogens is 2. The number of carbonyl (C=O) groups is 3. The summed E-state index contributed by atoms with van der Waals surface area (Å²) in [6, 6.07) is 15.7. The topological polar surface area (TPSA) is 114 Å². The Morgan fingerprint density at radius 1 is 1.09 bits per heavy atom. The molecule has 9 nitrogen and oxygen atoms in total. The minimum atomic E-state index is -1.11. The van der Waals surface area contributed by atoms with Gasteiger partial charge in [-0.3, -0.25) is 9.48 Å². The Balaban J connectivity index is 1.34. The number of carboxylic acids is 1. The first-order valence-corrected chi connectivity index (χ1v) is 11.6. The number of alkyl carbamates (subject to hydrolysis) is 1. The number of amides is 2. The average Bonchev–Trinajstić information content (AvgIpc) is 3.58. The van der Waals surface area contributed by atoms with Crippen molar-refractivity contribution in [2.45, 2.75) is 30.8 Å². The summed E-state index contributed by atoms with van der Waals surface area (Å²) >= 11 is 0. The van der Waals surface area contributed by atoms with Crippen molar-refractivity contribution in [3.63, 3.8) is 0 Å². The van der Waals surface area contributed by atoms with Gasteiger partial charge in [-0.2, -0.15) is 5.10 Å². The zero-order valence-corrected chi connectivity index (χ0v) is 19.3. The molecule has 5 rings (SSSR count). The van der Waals surface area contributed by atoms with Gasteiger partial charge in [-0.1, -0.05) is 48.5 Å². The summed E-state index contributed by atoms with van der Waals surface area (Å²) in [4.78, 5) is 39.3. The summed E-state index contributed by atoms with van der Waals surface area (Å²) in [6.07, 6.45) is 1.74. The highest BCUT2D eigenvalue weighted by Crippen LogP contribution is 2.44. The third-order valence-electron chi connectivity index (χ3n) is 6.83. The number of hydrogen-bond acceptors (Lipinski definition) is 5. The van der Waals surface area contributed by atoms with E-state index in [1.54, 1.807) is 13.1 Å². The molecule has 2 N–H and O–H groups in total. The monoisotopic (exact) mass is 474 g/mol. The molecule has 1 fully saturated rings. The van der Waals surface area contributed by atoms with Gasteiger partial charge in [-0.05, 0) is 41.2 Å². The second kappa shape index (κ2) is 9.25. The smallest absolute Gasteiger partial charge is 0.408 e. The van der Waals surface area contributed by atoms with Crippen molar-refractivity contribution in [2.24, 2.45) is 7.05 Å². The van der Waals surface area contributed by atoms with Crippen LogP contribution in [0.3, 0.4) is 0 Å². The van der Waals surface area contributed by atoms with E-state index < -0.39 is 30.1 Å². The van der Waals surface area contributed by atoms with E-state index in [1.807, 2.05) is 36.4 Å². The van der Waals surface area contributed by atoms with Gasteiger partial charge in [0.25, 0.3) is 5.91 Å². The molecule has 1 aliphatic heterocycles. The Bertz CT molecular complexity index is 1240. The first-order chi connectivity index (χ1) is 17.0. The Labute approximate surface area is 202 Å². The molecule has 2 atom stereocenters. The second-order valence-corrected chi connectivity index (χ2v) is 8.81. The van der Waals surface area contributed by atoms with Crippen molar-refractivity contribution in [3.05, 3.63) is 77.6 Å². The van der Waals surface area contributed by atoms with Crippen LogP contribution < -0.4 is 5.32 Å². The standard InChI is InChI=1S/C26H26N4O5/c1-29-21(12-13-27-29)23(24(31)30-14-6-11-22(30)25(32)33)28-26(34)35-15-20-18-9-4-2-7-16(18)17-8-3-5-10-19(17)20/h2-5,7-10,12-13,20,22-23H,6,11,14-15H2,1H3,(H,28,34)(H,32,33). The van der Waals surface area contributed by atoms with Crippen molar-refractivity contribution < 1.29 is 24.2 Å². The minimum Gasteiger partial charge on any atom is -0.480 e. The van der Waals surface area contributed by atoms with Crippen molar-refractivity contribution in [2.75, 3.05) is 13.2 Å². The number of fused-ring (bicyclic) bond motifs is 3. The molecule has 2 amide bonds. The van der Waals surface area contributed by atoms with E-state index in [0.717, 1.165) is 22.3 Å². The van der Waals surface area contributed by atoms with Crippen LogP contribution in [0.1, 0.15) is 41.6 Å². The number of aliphatic carboxylic acids is 1. The molecule has 1 aliphatic carbocycles. The molecule has 1 saturated heterocycles. The molecular formula is C26H26N4O5. The zero-order chi connectivity index (χ0) is 24.5. The predicted octanol–water partition coefficient (Wildman–Crippen LogP) is 3.08. The number of carbonyl (C=O) groups excluding carboxylic acids is 2. The van der Waals surface area contributed by atoms with Crippen molar-refractivity contribution in [1.29, 1.82) is 0 Å². The number of hydrogen-bond donors (Lipinski definition) is 2. The lowest BCUT2D eigenvalue weighted by atomic mass is 9.98. The number of aryl methyl sites for hydroxylation is 1. The van der Waals surface area contributed by atoms with Gasteiger partial charge in [0.1, 0.15) is 12.6 Å². The molecule has 0 saturated carbocycles. The Hall–Kier alpha value is -4.14. The lowest BCUT2D eigenvalue weighted by molar-refractivity contribution is -0.149. The van der Waals surface area contributed by atoms with Crippen LogP contribution in [-0.2, 0) is 21.4 Å².